The molecule has 4 nitrogen and oxygen atoms in total. The van der Waals surface area contributed by atoms with Gasteiger partial charge in [-0.05, 0) is 98.5 Å². The van der Waals surface area contributed by atoms with Gasteiger partial charge in [0.05, 0.1) is 27.0 Å². The summed E-state index contributed by atoms with van der Waals surface area (Å²) >= 11 is 17.1. The molecule has 0 fully saturated rings. The number of benzene rings is 3. The van der Waals surface area contributed by atoms with Gasteiger partial charge in [-0.3, -0.25) is 9.59 Å². The summed E-state index contributed by atoms with van der Waals surface area (Å²) in [7, 11) is 0. The molecule has 0 N–H and O–H groups in total. The molecule has 10 heteroatoms. The van der Waals surface area contributed by atoms with E-state index in [1.54, 1.807) is 29.2 Å². The Bertz CT molecular complexity index is 1510. The molecule has 1 aromatic heterocycles. The minimum Gasteiger partial charge on any atom is -0.268 e. The monoisotopic (exact) mass is 770 g/mol. The van der Waals surface area contributed by atoms with Crippen LogP contribution in [-0.4, -0.2) is 16.8 Å². The number of rotatable bonds is 4. The van der Waals surface area contributed by atoms with Crippen molar-refractivity contribution in [3.8, 4) is 0 Å². The van der Waals surface area contributed by atoms with Crippen LogP contribution in [0.1, 0.15) is 52.6 Å². The van der Waals surface area contributed by atoms with Gasteiger partial charge in [0, 0.05) is 23.6 Å². The van der Waals surface area contributed by atoms with Crippen LogP contribution in [0.3, 0.4) is 0 Å². The Morgan fingerprint density at radius 3 is 2.00 bits per heavy atom. The first-order valence-electron chi connectivity index (χ1n) is 10.8. The number of carbonyl (C=O) groups is 2. The Kier molecular flexibility index (Phi) is 7.33. The zero-order chi connectivity index (χ0) is 25.9. The molecule has 4 aromatic rings. The predicted octanol–water partition coefficient (Wildman–Crippen LogP) is 9.74. The number of amides is 2. The molecule has 0 atom stereocenters. The first-order valence-corrected chi connectivity index (χ1v) is 15.8. The number of carbonyl (C=O) groups excluding carboxylic acids is 2. The number of fused-ring (bicyclic) bond motifs is 2. The zero-order valence-corrected chi connectivity index (χ0v) is 27.3. The van der Waals surface area contributed by atoms with Crippen LogP contribution in [0.15, 0.2) is 64.7 Å². The highest BCUT2D eigenvalue weighted by Gasteiger charge is 2.42. The smallest absolute Gasteiger partial charge is 0.267 e. The number of aromatic nitrogens is 1. The summed E-state index contributed by atoms with van der Waals surface area (Å²) in [5.74, 6) is 0.0855. The van der Waals surface area contributed by atoms with Gasteiger partial charge in [0.25, 0.3) is 11.8 Å². The Hall–Kier alpha value is -1.04. The number of hydrogen-bond acceptors (Lipinski definition) is 5. The Morgan fingerprint density at radius 1 is 0.861 bits per heavy atom. The van der Waals surface area contributed by atoms with E-state index in [2.05, 4.69) is 109 Å². The maximum Gasteiger partial charge on any atom is 0.267 e. The third kappa shape index (κ3) is 4.66. The zero-order valence-electron chi connectivity index (χ0n) is 19.3. The average molecular weight is 774 g/mol. The quantitative estimate of drug-likeness (QED) is 0.0898. The van der Waals surface area contributed by atoms with E-state index in [-0.39, 0.29) is 17.2 Å². The lowest BCUT2D eigenvalue weighted by Gasteiger charge is -2.19. The van der Waals surface area contributed by atoms with Crippen molar-refractivity contribution in [3.05, 3.63) is 82.6 Å². The first-order chi connectivity index (χ1) is 17.0. The molecular weight excluding hydrogens is 756 g/mol. The molecule has 0 spiro atoms. The molecular formula is C26H18Br4N2O2S2. The number of anilines is 1. The molecule has 5 rings (SSSR count). The highest BCUT2D eigenvalue weighted by Crippen LogP contribution is 2.46. The molecule has 1 aliphatic heterocycles. The Labute approximate surface area is 250 Å². The Morgan fingerprint density at radius 2 is 1.44 bits per heavy atom. The molecule has 3 aromatic carbocycles. The summed E-state index contributed by atoms with van der Waals surface area (Å²) in [4.78, 5) is 32.6. The third-order valence-corrected chi connectivity index (χ3v) is 12.9. The van der Waals surface area contributed by atoms with Crippen molar-refractivity contribution in [2.24, 2.45) is 0 Å². The highest BCUT2D eigenvalue weighted by atomic mass is 79.9. The highest BCUT2D eigenvalue weighted by molar-refractivity contribution is 9.15. The number of hydrogen-bond donors (Lipinski definition) is 0. The summed E-state index contributed by atoms with van der Waals surface area (Å²) in [6, 6.07) is 14.2. The van der Waals surface area contributed by atoms with Crippen LogP contribution in [0, 0.1) is 0 Å². The molecule has 36 heavy (non-hydrogen) atoms. The van der Waals surface area contributed by atoms with E-state index in [1.165, 1.54) is 16.0 Å². The number of nitrogens with zero attached hydrogens (tertiary/aromatic N) is 2. The largest absolute Gasteiger partial charge is 0.268 e. The van der Waals surface area contributed by atoms with E-state index in [0.29, 0.717) is 34.7 Å². The normalized spacial score (nSPS) is 13.7. The molecule has 2 heterocycles. The number of imide groups is 1. The molecule has 0 bridgehead atoms. The van der Waals surface area contributed by atoms with Crippen molar-refractivity contribution in [3.63, 3.8) is 0 Å². The first kappa shape index (κ1) is 26.6. The second kappa shape index (κ2) is 9.93. The van der Waals surface area contributed by atoms with Crippen molar-refractivity contribution in [2.45, 2.75) is 36.3 Å². The van der Waals surface area contributed by atoms with Crippen molar-refractivity contribution >= 4 is 115 Å². The maximum absolute atomic E-state index is 13.3. The van der Waals surface area contributed by atoms with E-state index in [0.717, 1.165) is 20.3 Å². The van der Waals surface area contributed by atoms with E-state index >= 15 is 0 Å². The number of halogens is 4. The molecule has 0 aliphatic carbocycles. The average Bonchev–Trinajstić information content (AvgIpc) is 3.36. The van der Waals surface area contributed by atoms with Crippen LogP contribution < -0.4 is 4.90 Å². The molecule has 1 aliphatic rings. The van der Waals surface area contributed by atoms with Gasteiger partial charge in [0.15, 0.2) is 4.34 Å². The lowest BCUT2D eigenvalue weighted by Crippen LogP contribution is -2.29. The third-order valence-electron chi connectivity index (χ3n) is 5.89. The van der Waals surface area contributed by atoms with E-state index in [4.69, 9.17) is 4.98 Å². The molecule has 0 saturated carbocycles. The summed E-state index contributed by atoms with van der Waals surface area (Å²) in [6.45, 7) is 6.64. The van der Waals surface area contributed by atoms with Crippen molar-refractivity contribution < 1.29 is 9.59 Å². The van der Waals surface area contributed by atoms with E-state index in [9.17, 15) is 9.59 Å². The molecule has 0 radical (unpaired) electrons. The summed E-state index contributed by atoms with van der Waals surface area (Å²) in [5, 5.41) is 0. The fourth-order valence-corrected chi connectivity index (χ4v) is 8.44. The maximum atomic E-state index is 13.3. The Balaban J connectivity index is 1.40. The minimum absolute atomic E-state index is 0.134. The van der Waals surface area contributed by atoms with Gasteiger partial charge in [-0.25, -0.2) is 9.88 Å². The SMILES string of the molecule is CC(C)(C)c1ccc(CSc2nc3ccc(N4C(=O)c5c(Br)c(Br)c(Br)c(Br)c5C4=O)cc3s2)cc1. The molecule has 0 unspecified atom stereocenters. The second-order valence-electron chi connectivity index (χ2n) is 9.32. The van der Waals surface area contributed by atoms with Gasteiger partial charge in [-0.2, -0.15) is 0 Å². The van der Waals surface area contributed by atoms with Gasteiger partial charge in [0.2, 0.25) is 0 Å². The number of thiazole rings is 1. The van der Waals surface area contributed by atoms with Crippen LogP contribution in [0.5, 0.6) is 0 Å². The van der Waals surface area contributed by atoms with Gasteiger partial charge >= 0.3 is 0 Å². The molecule has 2 amide bonds. The lowest BCUT2D eigenvalue weighted by atomic mass is 9.87. The molecule has 0 saturated heterocycles. The molecule has 184 valence electrons. The topological polar surface area (TPSA) is 50.3 Å². The van der Waals surface area contributed by atoms with Crippen LogP contribution in [-0.2, 0) is 11.2 Å². The minimum atomic E-state index is -0.368. The summed E-state index contributed by atoms with van der Waals surface area (Å²) in [6.07, 6.45) is 0. The second-order valence-corrected chi connectivity index (χ2v) is 14.7. The number of thioether (sulfide) groups is 1. The van der Waals surface area contributed by atoms with E-state index in [1.807, 2.05) is 12.1 Å². The standard InChI is InChI=1S/C26H18Br4N2O2S2/c1-26(2,3)13-6-4-12(5-7-13)11-35-25-31-15-9-8-14(10-16(15)36-25)32-23(33)17-18(24(32)34)20(28)22(30)21(29)19(17)27/h4-10H,11H2,1-3H3. The summed E-state index contributed by atoms with van der Waals surface area (Å²) < 4.78 is 4.30. The van der Waals surface area contributed by atoms with Gasteiger partial charge < -0.3 is 0 Å². The van der Waals surface area contributed by atoms with Crippen LogP contribution in [0.2, 0.25) is 0 Å². The van der Waals surface area contributed by atoms with Gasteiger partial charge in [-0.15, -0.1) is 11.3 Å². The van der Waals surface area contributed by atoms with Crippen LogP contribution in [0.4, 0.5) is 5.69 Å². The summed E-state index contributed by atoms with van der Waals surface area (Å²) in [5.41, 5.74) is 4.73. The van der Waals surface area contributed by atoms with Crippen molar-refractivity contribution in [1.29, 1.82) is 0 Å². The van der Waals surface area contributed by atoms with Crippen molar-refractivity contribution in [2.75, 3.05) is 4.90 Å². The van der Waals surface area contributed by atoms with Crippen LogP contribution in [0.25, 0.3) is 10.2 Å². The van der Waals surface area contributed by atoms with Crippen molar-refractivity contribution in [1.82, 2.24) is 4.98 Å². The van der Waals surface area contributed by atoms with Crippen LogP contribution >= 0.6 is 86.8 Å². The lowest BCUT2D eigenvalue weighted by molar-refractivity contribution is 0.0926. The fourth-order valence-electron chi connectivity index (χ4n) is 3.92. The van der Waals surface area contributed by atoms with Gasteiger partial charge in [0.1, 0.15) is 0 Å². The predicted molar refractivity (Wildman–Crippen MR) is 163 cm³/mol. The fraction of sp³-hybridized carbons (Fsp3) is 0.192. The van der Waals surface area contributed by atoms with Gasteiger partial charge in [-0.1, -0.05) is 56.8 Å². The van der Waals surface area contributed by atoms with E-state index < -0.39 is 0 Å².